The van der Waals surface area contributed by atoms with Crippen LogP contribution in [0.4, 0.5) is 0 Å². The van der Waals surface area contributed by atoms with E-state index in [0.717, 1.165) is 13.0 Å². The zero-order valence-electron chi connectivity index (χ0n) is 6.40. The van der Waals surface area contributed by atoms with Crippen LogP contribution in [0.3, 0.4) is 0 Å². The first-order chi connectivity index (χ1) is 4.10. The molecule has 1 saturated heterocycles. The highest BCUT2D eigenvalue weighted by atomic mass is 16.5. The van der Waals surface area contributed by atoms with E-state index in [0.29, 0.717) is 6.10 Å². The van der Waals surface area contributed by atoms with Crippen molar-refractivity contribution in [2.45, 2.75) is 39.0 Å². The molecular weight excluding hydrogens is 114 g/mol. The van der Waals surface area contributed by atoms with Gasteiger partial charge in [-0.2, -0.15) is 0 Å². The van der Waals surface area contributed by atoms with Gasteiger partial charge in [-0.1, -0.05) is 0 Å². The maximum absolute atomic E-state index is 5.56. The third-order valence-corrected chi connectivity index (χ3v) is 1.60. The highest BCUT2D eigenvalue weighted by Gasteiger charge is 2.24. The van der Waals surface area contributed by atoms with Gasteiger partial charge in [0.15, 0.2) is 0 Å². The van der Waals surface area contributed by atoms with Gasteiger partial charge < -0.3 is 4.74 Å². The fraction of sp³-hybridized carbons (Fsp3) is 1.00. The molecule has 0 aromatic heterocycles. The molecule has 0 aliphatic carbocycles. The Labute approximate surface area is 56.6 Å². The standard InChI is InChI=1S/C7H15NO/c1-6-4-5-8-7(2,3)9-6/h6,8H,4-5H2,1-3H3. The number of nitrogens with one attached hydrogen (secondary N) is 1. The topological polar surface area (TPSA) is 21.3 Å². The van der Waals surface area contributed by atoms with Crippen LogP contribution in [0.5, 0.6) is 0 Å². The average molecular weight is 129 g/mol. The lowest BCUT2D eigenvalue weighted by molar-refractivity contribution is -0.112. The molecule has 1 unspecified atom stereocenters. The van der Waals surface area contributed by atoms with Gasteiger partial charge in [0.2, 0.25) is 0 Å². The predicted molar refractivity (Wildman–Crippen MR) is 37.2 cm³/mol. The summed E-state index contributed by atoms with van der Waals surface area (Å²) in [6.45, 7) is 7.31. The molecule has 1 aliphatic heterocycles. The van der Waals surface area contributed by atoms with Crippen LogP contribution in [0.25, 0.3) is 0 Å². The molecule has 2 heteroatoms. The van der Waals surface area contributed by atoms with Crippen LogP contribution in [-0.4, -0.2) is 18.4 Å². The van der Waals surface area contributed by atoms with Crippen LogP contribution in [0.15, 0.2) is 0 Å². The Morgan fingerprint density at radius 3 is 2.56 bits per heavy atom. The molecule has 54 valence electrons. The third kappa shape index (κ3) is 1.95. The van der Waals surface area contributed by atoms with E-state index in [1.54, 1.807) is 0 Å². The fourth-order valence-electron chi connectivity index (χ4n) is 1.18. The van der Waals surface area contributed by atoms with Gasteiger partial charge in [0.05, 0.1) is 6.10 Å². The minimum atomic E-state index is -0.0995. The van der Waals surface area contributed by atoms with Crippen molar-refractivity contribution in [2.75, 3.05) is 6.54 Å². The van der Waals surface area contributed by atoms with Crippen LogP contribution in [0.1, 0.15) is 27.2 Å². The first-order valence-electron chi connectivity index (χ1n) is 3.53. The molecule has 1 aliphatic rings. The molecule has 0 amide bonds. The second-order valence-electron chi connectivity index (χ2n) is 3.15. The molecule has 0 aromatic rings. The summed E-state index contributed by atoms with van der Waals surface area (Å²) in [6.07, 6.45) is 1.55. The summed E-state index contributed by atoms with van der Waals surface area (Å²) in [5.74, 6) is 0. The number of hydrogen-bond donors (Lipinski definition) is 1. The van der Waals surface area contributed by atoms with Crippen LogP contribution in [0, 0.1) is 0 Å². The van der Waals surface area contributed by atoms with Gasteiger partial charge in [-0.15, -0.1) is 0 Å². The Morgan fingerprint density at radius 1 is 1.56 bits per heavy atom. The van der Waals surface area contributed by atoms with Crippen molar-refractivity contribution in [3.05, 3.63) is 0 Å². The quantitative estimate of drug-likeness (QED) is 0.529. The molecule has 1 rings (SSSR count). The Morgan fingerprint density at radius 2 is 2.22 bits per heavy atom. The molecule has 1 N–H and O–H groups in total. The fourth-order valence-corrected chi connectivity index (χ4v) is 1.18. The van der Waals surface area contributed by atoms with Crippen molar-refractivity contribution >= 4 is 0 Å². The molecule has 0 aromatic carbocycles. The van der Waals surface area contributed by atoms with Crippen molar-refractivity contribution in [3.8, 4) is 0 Å². The molecular formula is C7H15NO. The van der Waals surface area contributed by atoms with Gasteiger partial charge in [0, 0.05) is 6.54 Å². The largest absolute Gasteiger partial charge is 0.358 e. The maximum Gasteiger partial charge on any atom is 0.113 e. The Hall–Kier alpha value is -0.0800. The Balaban J connectivity index is 2.41. The van der Waals surface area contributed by atoms with Crippen molar-refractivity contribution in [1.29, 1.82) is 0 Å². The predicted octanol–water partition coefficient (Wildman–Crippen LogP) is 1.12. The molecule has 0 saturated carbocycles. The van der Waals surface area contributed by atoms with Gasteiger partial charge in [-0.05, 0) is 27.2 Å². The lowest BCUT2D eigenvalue weighted by atomic mass is 10.2. The summed E-state index contributed by atoms with van der Waals surface area (Å²) >= 11 is 0. The number of ether oxygens (including phenoxy) is 1. The molecule has 1 atom stereocenters. The van der Waals surface area contributed by atoms with Crippen LogP contribution >= 0.6 is 0 Å². The normalized spacial score (nSPS) is 34.3. The molecule has 2 nitrogen and oxygen atoms in total. The van der Waals surface area contributed by atoms with Crippen molar-refractivity contribution in [1.82, 2.24) is 5.32 Å². The second-order valence-corrected chi connectivity index (χ2v) is 3.15. The van der Waals surface area contributed by atoms with E-state index in [1.807, 2.05) is 0 Å². The first kappa shape index (κ1) is 7.03. The molecule has 1 fully saturated rings. The Kier molecular flexibility index (Phi) is 1.78. The summed E-state index contributed by atoms with van der Waals surface area (Å²) in [4.78, 5) is 0. The van der Waals surface area contributed by atoms with Gasteiger partial charge in [-0.25, -0.2) is 0 Å². The maximum atomic E-state index is 5.56. The van der Waals surface area contributed by atoms with Crippen molar-refractivity contribution < 1.29 is 4.74 Å². The van der Waals surface area contributed by atoms with Crippen LogP contribution in [0.2, 0.25) is 0 Å². The summed E-state index contributed by atoms with van der Waals surface area (Å²) in [6, 6.07) is 0. The van der Waals surface area contributed by atoms with Gasteiger partial charge in [-0.3, -0.25) is 5.32 Å². The summed E-state index contributed by atoms with van der Waals surface area (Å²) < 4.78 is 5.56. The zero-order valence-corrected chi connectivity index (χ0v) is 6.40. The molecule has 0 spiro atoms. The number of rotatable bonds is 0. The zero-order chi connectivity index (χ0) is 6.91. The first-order valence-corrected chi connectivity index (χ1v) is 3.53. The Bertz CT molecular complexity index is 101. The second kappa shape index (κ2) is 2.27. The molecule has 0 bridgehead atoms. The molecule has 9 heavy (non-hydrogen) atoms. The average Bonchev–Trinajstić information content (AvgIpc) is 1.60. The summed E-state index contributed by atoms with van der Waals surface area (Å²) in [7, 11) is 0. The van der Waals surface area contributed by atoms with E-state index in [-0.39, 0.29) is 5.72 Å². The SMILES string of the molecule is CC1CCNC(C)(C)O1. The van der Waals surface area contributed by atoms with Crippen LogP contribution < -0.4 is 5.32 Å². The third-order valence-electron chi connectivity index (χ3n) is 1.60. The summed E-state index contributed by atoms with van der Waals surface area (Å²) in [5, 5.41) is 3.27. The van der Waals surface area contributed by atoms with Crippen LogP contribution in [-0.2, 0) is 4.74 Å². The highest BCUT2D eigenvalue weighted by Crippen LogP contribution is 2.14. The lowest BCUT2D eigenvalue weighted by Gasteiger charge is -2.35. The molecule has 1 heterocycles. The number of hydrogen-bond acceptors (Lipinski definition) is 2. The van der Waals surface area contributed by atoms with Crippen molar-refractivity contribution in [2.24, 2.45) is 0 Å². The van der Waals surface area contributed by atoms with E-state index in [2.05, 4.69) is 26.1 Å². The monoisotopic (exact) mass is 129 g/mol. The summed E-state index contributed by atoms with van der Waals surface area (Å²) in [5.41, 5.74) is -0.0995. The van der Waals surface area contributed by atoms with E-state index >= 15 is 0 Å². The van der Waals surface area contributed by atoms with Gasteiger partial charge in [0.25, 0.3) is 0 Å². The lowest BCUT2D eigenvalue weighted by Crippen LogP contribution is -2.49. The van der Waals surface area contributed by atoms with E-state index in [1.165, 1.54) is 0 Å². The highest BCUT2D eigenvalue weighted by molar-refractivity contribution is 4.73. The van der Waals surface area contributed by atoms with Crippen molar-refractivity contribution in [3.63, 3.8) is 0 Å². The van der Waals surface area contributed by atoms with E-state index in [9.17, 15) is 0 Å². The minimum Gasteiger partial charge on any atom is -0.358 e. The minimum absolute atomic E-state index is 0.0995. The van der Waals surface area contributed by atoms with Gasteiger partial charge in [0.1, 0.15) is 5.72 Å². The smallest absolute Gasteiger partial charge is 0.113 e. The molecule has 0 radical (unpaired) electrons. The van der Waals surface area contributed by atoms with E-state index in [4.69, 9.17) is 4.74 Å². The van der Waals surface area contributed by atoms with Gasteiger partial charge >= 0.3 is 0 Å². The van der Waals surface area contributed by atoms with E-state index < -0.39 is 0 Å².